The lowest BCUT2D eigenvalue weighted by Crippen LogP contribution is -2.31. The normalized spacial score (nSPS) is 24.2. The van der Waals surface area contributed by atoms with Gasteiger partial charge in [0.1, 0.15) is 5.75 Å². The number of nitrogens with zero attached hydrogens (tertiary/aromatic N) is 2. The van der Waals surface area contributed by atoms with Gasteiger partial charge in [-0.15, -0.1) is 0 Å². The number of carbonyl (C=O) groups excluding carboxylic acids is 4. The molecule has 0 bridgehead atoms. The maximum Gasteiger partial charge on any atom is 0.316 e. The molecule has 0 unspecified atom stereocenters. The predicted octanol–water partition coefficient (Wildman–Crippen LogP) is 4.25. The Balaban J connectivity index is 1.29. The first-order valence-electron chi connectivity index (χ1n) is 12.3. The summed E-state index contributed by atoms with van der Waals surface area (Å²) in [4.78, 5) is 54.4. The number of carbonyl (C=O) groups is 4. The third kappa shape index (κ3) is 4.03. The van der Waals surface area contributed by atoms with Crippen molar-refractivity contribution in [2.24, 2.45) is 17.8 Å². The Morgan fingerprint density at radius 1 is 0.886 bits per heavy atom. The van der Waals surface area contributed by atoms with E-state index < -0.39 is 11.9 Å². The molecule has 3 fully saturated rings. The SMILES string of the molecule is Cc1cc(OC(=O)[C@@H]2CC(=O)N(c3cccc(C)c3C)C2)ccc1N1C(=O)[C@H]2CCCC[C@@H]2C1=O. The second kappa shape index (κ2) is 8.95. The van der Waals surface area contributed by atoms with Crippen LogP contribution in [0.15, 0.2) is 36.4 Å². The fourth-order valence-electron chi connectivity index (χ4n) is 5.67. The molecule has 1 aliphatic carbocycles. The summed E-state index contributed by atoms with van der Waals surface area (Å²) < 4.78 is 5.63. The number of hydrogen-bond acceptors (Lipinski definition) is 5. The van der Waals surface area contributed by atoms with Crippen molar-refractivity contribution in [3.63, 3.8) is 0 Å². The van der Waals surface area contributed by atoms with Gasteiger partial charge < -0.3 is 9.64 Å². The minimum atomic E-state index is -0.563. The molecule has 7 heteroatoms. The van der Waals surface area contributed by atoms with Gasteiger partial charge in [0, 0.05) is 18.7 Å². The molecule has 3 amide bonds. The number of amides is 3. The number of imide groups is 1. The predicted molar refractivity (Wildman–Crippen MR) is 131 cm³/mol. The molecule has 2 heterocycles. The fraction of sp³-hybridized carbons (Fsp3) is 0.429. The topological polar surface area (TPSA) is 84.0 Å². The van der Waals surface area contributed by atoms with Gasteiger partial charge in [-0.3, -0.25) is 19.2 Å². The maximum atomic E-state index is 12.9. The molecule has 3 aliphatic rings. The van der Waals surface area contributed by atoms with Gasteiger partial charge >= 0.3 is 5.97 Å². The van der Waals surface area contributed by atoms with Crippen molar-refractivity contribution < 1.29 is 23.9 Å². The lowest BCUT2D eigenvalue weighted by molar-refractivity contribution is -0.139. The van der Waals surface area contributed by atoms with Crippen LogP contribution >= 0.6 is 0 Å². The highest BCUT2D eigenvalue weighted by atomic mass is 16.5. The van der Waals surface area contributed by atoms with Crippen molar-refractivity contribution in [1.82, 2.24) is 0 Å². The summed E-state index contributed by atoms with van der Waals surface area (Å²) in [5.41, 5.74) is 4.17. The molecule has 2 saturated heterocycles. The highest BCUT2D eigenvalue weighted by molar-refractivity contribution is 6.22. The zero-order valence-electron chi connectivity index (χ0n) is 20.4. The third-order valence-electron chi connectivity index (χ3n) is 7.79. The molecule has 2 aliphatic heterocycles. The van der Waals surface area contributed by atoms with E-state index in [9.17, 15) is 19.2 Å². The Labute approximate surface area is 205 Å². The third-order valence-corrected chi connectivity index (χ3v) is 7.79. The molecule has 0 spiro atoms. The standard InChI is InChI=1S/C28H30N2O5/c1-16-7-6-10-24(18(16)3)29-15-19(14-25(29)31)28(34)35-20-11-12-23(17(2)13-20)30-26(32)21-8-4-5-9-22(21)27(30)33/h6-7,10-13,19,21-22H,4-5,8-9,14-15H2,1-3H3/t19-,21+,22+/m1/s1. The summed E-state index contributed by atoms with van der Waals surface area (Å²) in [5, 5.41) is 0. The summed E-state index contributed by atoms with van der Waals surface area (Å²) in [6.07, 6.45) is 3.58. The molecule has 2 aromatic rings. The molecule has 35 heavy (non-hydrogen) atoms. The van der Waals surface area contributed by atoms with Crippen LogP contribution in [0.25, 0.3) is 0 Å². The first-order valence-corrected chi connectivity index (χ1v) is 12.3. The fourth-order valence-corrected chi connectivity index (χ4v) is 5.67. The van der Waals surface area contributed by atoms with Crippen LogP contribution in [0.4, 0.5) is 11.4 Å². The van der Waals surface area contributed by atoms with Crippen LogP contribution in [0.5, 0.6) is 5.75 Å². The Morgan fingerprint density at radius 3 is 2.23 bits per heavy atom. The quantitative estimate of drug-likeness (QED) is 0.376. The number of benzene rings is 2. The highest BCUT2D eigenvalue weighted by Gasteiger charge is 2.49. The van der Waals surface area contributed by atoms with Gasteiger partial charge in [0.25, 0.3) is 0 Å². The Morgan fingerprint density at radius 2 is 1.57 bits per heavy atom. The summed E-state index contributed by atoms with van der Waals surface area (Å²) in [7, 11) is 0. The van der Waals surface area contributed by atoms with E-state index in [-0.39, 0.29) is 42.5 Å². The minimum Gasteiger partial charge on any atom is -0.426 e. The average molecular weight is 475 g/mol. The average Bonchev–Trinajstić information content (AvgIpc) is 3.34. The Hall–Kier alpha value is -3.48. The molecule has 7 nitrogen and oxygen atoms in total. The van der Waals surface area contributed by atoms with E-state index in [0.717, 1.165) is 42.5 Å². The van der Waals surface area contributed by atoms with E-state index >= 15 is 0 Å². The van der Waals surface area contributed by atoms with Crippen molar-refractivity contribution >= 4 is 35.1 Å². The summed E-state index contributed by atoms with van der Waals surface area (Å²) in [6.45, 7) is 6.04. The van der Waals surface area contributed by atoms with Crippen molar-refractivity contribution in [2.75, 3.05) is 16.3 Å². The van der Waals surface area contributed by atoms with Gasteiger partial charge in [0.2, 0.25) is 17.7 Å². The highest BCUT2D eigenvalue weighted by Crippen LogP contribution is 2.41. The van der Waals surface area contributed by atoms with Crippen LogP contribution < -0.4 is 14.5 Å². The molecule has 1 saturated carbocycles. The second-order valence-corrected chi connectivity index (χ2v) is 10.0. The molecule has 5 rings (SSSR count). The van der Waals surface area contributed by atoms with Gasteiger partial charge in [-0.1, -0.05) is 25.0 Å². The number of anilines is 2. The van der Waals surface area contributed by atoms with E-state index in [4.69, 9.17) is 4.74 Å². The van der Waals surface area contributed by atoms with Gasteiger partial charge in [-0.2, -0.15) is 0 Å². The van der Waals surface area contributed by atoms with Crippen LogP contribution in [0.3, 0.4) is 0 Å². The van der Waals surface area contributed by atoms with Crippen molar-refractivity contribution in [2.45, 2.75) is 52.9 Å². The minimum absolute atomic E-state index is 0.0975. The van der Waals surface area contributed by atoms with Crippen LogP contribution in [0.1, 0.15) is 48.8 Å². The lowest BCUT2D eigenvalue weighted by Gasteiger charge is -2.20. The smallest absolute Gasteiger partial charge is 0.316 e. The van der Waals surface area contributed by atoms with E-state index in [0.29, 0.717) is 17.0 Å². The first-order chi connectivity index (χ1) is 16.8. The van der Waals surface area contributed by atoms with Gasteiger partial charge in [-0.05, 0) is 74.6 Å². The lowest BCUT2D eigenvalue weighted by atomic mass is 9.81. The Kier molecular flexibility index (Phi) is 5.95. The van der Waals surface area contributed by atoms with Gasteiger partial charge in [0.15, 0.2) is 0 Å². The first kappa shape index (κ1) is 23.3. The van der Waals surface area contributed by atoms with E-state index in [1.165, 1.54) is 4.90 Å². The number of ether oxygens (including phenoxy) is 1. The zero-order valence-corrected chi connectivity index (χ0v) is 20.4. The van der Waals surface area contributed by atoms with Crippen molar-refractivity contribution in [1.29, 1.82) is 0 Å². The van der Waals surface area contributed by atoms with Gasteiger partial charge in [0.05, 0.1) is 23.4 Å². The van der Waals surface area contributed by atoms with Gasteiger partial charge in [-0.25, -0.2) is 4.90 Å². The summed E-state index contributed by atoms with van der Waals surface area (Å²) >= 11 is 0. The second-order valence-electron chi connectivity index (χ2n) is 10.0. The number of hydrogen-bond donors (Lipinski definition) is 0. The van der Waals surface area contributed by atoms with Crippen molar-refractivity contribution in [3.8, 4) is 5.75 Å². The van der Waals surface area contributed by atoms with Crippen LogP contribution in [-0.4, -0.2) is 30.2 Å². The van der Waals surface area contributed by atoms with Crippen LogP contribution in [0.2, 0.25) is 0 Å². The van der Waals surface area contributed by atoms with E-state index in [1.54, 1.807) is 30.0 Å². The molecule has 0 N–H and O–H groups in total. The van der Waals surface area contributed by atoms with Crippen molar-refractivity contribution in [3.05, 3.63) is 53.1 Å². The molecular formula is C28H30N2O5. The maximum absolute atomic E-state index is 12.9. The Bertz CT molecular complexity index is 1210. The molecule has 0 aromatic heterocycles. The largest absolute Gasteiger partial charge is 0.426 e. The number of fused-ring (bicyclic) bond motifs is 1. The molecular weight excluding hydrogens is 444 g/mol. The van der Waals surface area contributed by atoms with Crippen LogP contribution in [-0.2, 0) is 19.2 Å². The van der Waals surface area contributed by atoms with Crippen LogP contribution in [0, 0.1) is 38.5 Å². The van der Waals surface area contributed by atoms with E-state index in [2.05, 4.69) is 0 Å². The summed E-state index contributed by atoms with van der Waals surface area (Å²) in [6, 6.07) is 10.8. The zero-order chi connectivity index (χ0) is 24.9. The monoisotopic (exact) mass is 474 g/mol. The molecule has 0 radical (unpaired) electrons. The number of aryl methyl sites for hydroxylation is 2. The molecule has 3 atom stereocenters. The number of esters is 1. The number of rotatable bonds is 4. The molecule has 182 valence electrons. The molecule has 2 aromatic carbocycles. The summed E-state index contributed by atoms with van der Waals surface area (Å²) in [5.74, 6) is -1.46. The van der Waals surface area contributed by atoms with E-state index in [1.807, 2.05) is 32.0 Å².